The Kier molecular flexibility index (Phi) is 6.91. The zero-order valence-corrected chi connectivity index (χ0v) is 13.7. The topological polar surface area (TPSA) is 30.9 Å². The van der Waals surface area contributed by atoms with Crippen LogP contribution in [0.1, 0.15) is 0 Å². The molecule has 1 atom stereocenters. The van der Waals surface area contributed by atoms with Gasteiger partial charge in [-0.05, 0) is 0 Å². The summed E-state index contributed by atoms with van der Waals surface area (Å²) in [6, 6.07) is -13.1. The van der Waals surface area contributed by atoms with E-state index in [1.165, 1.54) is 0 Å². The van der Waals surface area contributed by atoms with Gasteiger partial charge in [0.1, 0.15) is 0 Å². The molecule has 180 valence electrons. The van der Waals surface area contributed by atoms with E-state index in [-0.39, 0.29) is 0 Å². The van der Waals surface area contributed by atoms with Crippen molar-refractivity contribution in [2.75, 3.05) is 26.3 Å². The van der Waals surface area contributed by atoms with E-state index >= 15 is 0 Å². The number of hydrogen-bond acceptors (Lipinski definition) is 4. The molecule has 19 heteroatoms. The molecule has 0 bridgehead atoms. The van der Waals surface area contributed by atoms with Gasteiger partial charge in [0.25, 0.3) is 0 Å². The highest BCUT2D eigenvalue weighted by Crippen LogP contribution is 2.53. The minimum atomic E-state index is -7.58. The Balaban J connectivity index is 3.32. The van der Waals surface area contributed by atoms with Crippen LogP contribution in [0.25, 0.3) is 0 Å². The van der Waals surface area contributed by atoms with Crippen molar-refractivity contribution in [3.8, 4) is 0 Å². The number of morpholine rings is 1. The molecular formula is C11H8F15NO3. The van der Waals surface area contributed by atoms with Gasteiger partial charge in [-0.1, -0.05) is 0 Å². The molecule has 30 heavy (non-hydrogen) atoms. The van der Waals surface area contributed by atoms with E-state index in [1.807, 2.05) is 4.74 Å². The Hall–Kier alpha value is -1.21. The summed E-state index contributed by atoms with van der Waals surface area (Å²) in [6.45, 7) is -3.64. The molecule has 0 saturated carbocycles. The molecule has 1 aliphatic rings. The first-order valence-electron chi connectivity index (χ1n) is 7.08. The molecule has 1 heterocycles. The van der Waals surface area contributed by atoms with Gasteiger partial charge in [-0.3, -0.25) is 0 Å². The summed E-state index contributed by atoms with van der Waals surface area (Å²) < 4.78 is 201. The summed E-state index contributed by atoms with van der Waals surface area (Å²) in [4.78, 5) is -0.643. The highest BCUT2D eigenvalue weighted by Gasteiger charge is 2.81. The lowest BCUT2D eigenvalue weighted by molar-refractivity contribution is -0.574. The Bertz CT molecular complexity index is 598. The van der Waals surface area contributed by atoms with E-state index in [1.54, 1.807) is 4.74 Å². The fraction of sp³-hybridized carbons (Fsp3) is 1.00. The predicted molar refractivity (Wildman–Crippen MR) is 60.3 cm³/mol. The van der Waals surface area contributed by atoms with Gasteiger partial charge < -0.3 is 4.74 Å². The van der Waals surface area contributed by atoms with Crippen LogP contribution < -0.4 is 0 Å². The molecule has 1 saturated heterocycles. The Labute approximate surface area is 155 Å². The molecular weight excluding hydrogens is 479 g/mol. The highest BCUT2D eigenvalue weighted by molar-refractivity contribution is 4.88. The first kappa shape index (κ1) is 26.8. The Morgan fingerprint density at radius 1 is 0.567 bits per heavy atom. The zero-order chi connectivity index (χ0) is 24.0. The molecule has 0 aliphatic carbocycles. The van der Waals surface area contributed by atoms with Crippen LogP contribution in [0, 0.1) is 0 Å². The molecule has 1 fully saturated rings. The number of hydrogen-bond donors (Lipinski definition) is 0. The molecule has 1 unspecified atom stereocenters. The van der Waals surface area contributed by atoms with Gasteiger partial charge in [0.15, 0.2) is 0 Å². The lowest BCUT2D eigenvalue weighted by Crippen LogP contribution is -2.65. The van der Waals surface area contributed by atoms with Crippen molar-refractivity contribution in [3.05, 3.63) is 0 Å². The summed E-state index contributed by atoms with van der Waals surface area (Å²) in [7, 11) is 0. The van der Waals surface area contributed by atoms with Crippen molar-refractivity contribution in [3.63, 3.8) is 0 Å². The number of halogens is 15. The molecule has 0 N–H and O–H groups in total. The van der Waals surface area contributed by atoms with Crippen LogP contribution in [0.5, 0.6) is 0 Å². The Morgan fingerprint density at radius 3 is 1.33 bits per heavy atom. The minimum absolute atomic E-state index is 0.643. The standard InChI is InChI=1S/C11H8F15NO3/c12-5(13,6(14,15)16)9(22,23)29-11(26,7(17,18)19)30-10(24,25)8(20,21)27-1-3-28-4-2-27/h1-4H2. The van der Waals surface area contributed by atoms with Crippen molar-refractivity contribution in [2.45, 2.75) is 42.6 Å². The average Bonchev–Trinajstić information content (AvgIpc) is 2.52. The smallest absolute Gasteiger partial charge is 0.379 e. The van der Waals surface area contributed by atoms with E-state index in [9.17, 15) is 65.9 Å². The first-order chi connectivity index (χ1) is 13.0. The Morgan fingerprint density at radius 2 is 0.967 bits per heavy atom. The largest absolute Gasteiger partial charge is 0.478 e. The molecule has 0 amide bonds. The maximum Gasteiger partial charge on any atom is 0.478 e. The van der Waals surface area contributed by atoms with Gasteiger partial charge in [-0.15, -0.1) is 0 Å². The van der Waals surface area contributed by atoms with Crippen LogP contribution in [-0.2, 0) is 14.2 Å². The fourth-order valence-corrected chi connectivity index (χ4v) is 1.79. The molecule has 1 rings (SSSR count). The van der Waals surface area contributed by atoms with Gasteiger partial charge in [-0.25, -0.2) is 14.4 Å². The van der Waals surface area contributed by atoms with Gasteiger partial charge in [0, 0.05) is 13.1 Å². The second-order valence-corrected chi connectivity index (χ2v) is 5.48. The van der Waals surface area contributed by atoms with Gasteiger partial charge in [-0.2, -0.15) is 65.9 Å². The second kappa shape index (κ2) is 7.73. The van der Waals surface area contributed by atoms with Crippen molar-refractivity contribution >= 4 is 0 Å². The maximum absolute atomic E-state index is 13.8. The number of alkyl halides is 15. The fourth-order valence-electron chi connectivity index (χ4n) is 1.79. The molecule has 1 aliphatic heterocycles. The van der Waals surface area contributed by atoms with Crippen molar-refractivity contribution < 1.29 is 80.1 Å². The van der Waals surface area contributed by atoms with Crippen LogP contribution in [0.2, 0.25) is 0 Å². The summed E-state index contributed by atoms with van der Waals surface area (Å²) in [5.74, 6) is -7.58. The van der Waals surface area contributed by atoms with Gasteiger partial charge in [0.2, 0.25) is 0 Å². The molecule has 0 aromatic heterocycles. The molecule has 0 aromatic rings. The van der Waals surface area contributed by atoms with E-state index in [0.29, 0.717) is 0 Å². The van der Waals surface area contributed by atoms with E-state index in [4.69, 9.17) is 0 Å². The minimum Gasteiger partial charge on any atom is -0.379 e. The molecule has 0 aromatic carbocycles. The SMILES string of the molecule is FC(F)(F)C(F)(OC(F)(F)C(F)(F)N1CCOCC1)OC(F)(F)C(F)(F)C(F)(F)F. The third-order valence-corrected chi connectivity index (χ3v) is 3.34. The number of ether oxygens (including phenoxy) is 3. The van der Waals surface area contributed by atoms with Crippen molar-refractivity contribution in [2.24, 2.45) is 0 Å². The summed E-state index contributed by atoms with van der Waals surface area (Å²) in [5, 5.41) is 0. The summed E-state index contributed by atoms with van der Waals surface area (Å²) in [5.41, 5.74) is 0. The van der Waals surface area contributed by atoms with E-state index < -0.39 is 73.8 Å². The number of nitrogens with zero attached hydrogens (tertiary/aromatic N) is 1. The highest BCUT2D eigenvalue weighted by atomic mass is 19.4. The maximum atomic E-state index is 13.8. The van der Waals surface area contributed by atoms with Crippen molar-refractivity contribution in [1.29, 1.82) is 0 Å². The van der Waals surface area contributed by atoms with E-state index in [0.717, 1.165) is 0 Å². The third-order valence-electron chi connectivity index (χ3n) is 3.34. The monoisotopic (exact) mass is 487 g/mol. The average molecular weight is 487 g/mol. The second-order valence-electron chi connectivity index (χ2n) is 5.48. The van der Waals surface area contributed by atoms with Crippen molar-refractivity contribution in [1.82, 2.24) is 4.90 Å². The van der Waals surface area contributed by atoms with E-state index in [2.05, 4.69) is 4.74 Å². The van der Waals surface area contributed by atoms with Gasteiger partial charge in [0.05, 0.1) is 13.2 Å². The van der Waals surface area contributed by atoms with Crippen LogP contribution in [0.4, 0.5) is 65.9 Å². The quantitative estimate of drug-likeness (QED) is 0.301. The van der Waals surface area contributed by atoms with Crippen LogP contribution in [0.15, 0.2) is 0 Å². The normalized spacial score (nSPS) is 20.9. The lowest BCUT2D eigenvalue weighted by Gasteiger charge is -2.40. The zero-order valence-electron chi connectivity index (χ0n) is 13.7. The van der Waals surface area contributed by atoms with Gasteiger partial charge >= 0.3 is 42.6 Å². The lowest BCUT2D eigenvalue weighted by atomic mass is 10.3. The first-order valence-corrected chi connectivity index (χ1v) is 7.08. The molecule has 4 nitrogen and oxygen atoms in total. The molecule has 0 radical (unpaired) electrons. The van der Waals surface area contributed by atoms with Crippen LogP contribution >= 0.6 is 0 Å². The van der Waals surface area contributed by atoms with Crippen LogP contribution in [0.3, 0.4) is 0 Å². The predicted octanol–water partition coefficient (Wildman–Crippen LogP) is 4.51. The number of rotatable bonds is 7. The molecule has 0 spiro atoms. The van der Waals surface area contributed by atoms with Crippen LogP contribution in [-0.4, -0.2) is 73.8 Å². The third kappa shape index (κ3) is 4.82. The summed E-state index contributed by atoms with van der Waals surface area (Å²) >= 11 is 0. The summed E-state index contributed by atoms with van der Waals surface area (Å²) in [6.07, 6.45) is -29.0.